The van der Waals surface area contributed by atoms with Gasteiger partial charge in [0.15, 0.2) is 0 Å². The zero-order chi connectivity index (χ0) is 25.0. The van der Waals surface area contributed by atoms with Crippen LogP contribution in [-0.2, 0) is 25.7 Å². The molecule has 2 aromatic rings. The normalized spacial score (nSPS) is 15.0. The second kappa shape index (κ2) is 14.1. The molecule has 1 unspecified atom stereocenters. The molecule has 0 saturated carbocycles. The molecule has 3 rings (SSSR count). The van der Waals surface area contributed by atoms with Crippen LogP contribution < -0.4 is 4.74 Å². The van der Waals surface area contributed by atoms with Gasteiger partial charge in [-0.05, 0) is 48.2 Å². The Bertz CT molecular complexity index is 945. The van der Waals surface area contributed by atoms with Crippen LogP contribution in [0, 0.1) is 0 Å². The van der Waals surface area contributed by atoms with Gasteiger partial charge in [0, 0.05) is 50.6 Å². The number of esters is 1. The van der Waals surface area contributed by atoms with Crippen molar-refractivity contribution in [3.63, 3.8) is 0 Å². The third-order valence-electron chi connectivity index (χ3n) is 6.23. The van der Waals surface area contributed by atoms with Crippen molar-refractivity contribution >= 4 is 23.5 Å². The Hall–Kier alpha value is -2.61. The number of piperazine rings is 1. The summed E-state index contributed by atoms with van der Waals surface area (Å²) in [7, 11) is 3.04. The van der Waals surface area contributed by atoms with E-state index in [0.717, 1.165) is 36.5 Å². The first-order valence-corrected chi connectivity index (χ1v) is 12.4. The highest BCUT2D eigenvalue weighted by molar-refractivity contribution is 6.30. The minimum atomic E-state index is -0.227. The van der Waals surface area contributed by atoms with E-state index in [9.17, 15) is 9.59 Å². The summed E-state index contributed by atoms with van der Waals surface area (Å²) < 4.78 is 16.3. The van der Waals surface area contributed by atoms with Gasteiger partial charge in [-0.25, -0.2) is 0 Å². The van der Waals surface area contributed by atoms with E-state index in [1.807, 2.05) is 53.4 Å². The monoisotopic (exact) mass is 502 g/mol. The summed E-state index contributed by atoms with van der Waals surface area (Å²) in [5.74, 6) is 0.730. The third kappa shape index (κ3) is 8.84. The van der Waals surface area contributed by atoms with E-state index in [0.29, 0.717) is 50.4 Å². The standard InChI is InChI=1S/C27H35ClN2O5/c1-33-24-7-5-6-21(18-24)20-35-25(22-10-12-23(28)13-11-22)19-29-14-16-30(17-15-29)26(31)8-3-4-9-27(32)34-2/h5-7,10-13,18,25H,3-4,8-9,14-17,19-20H2,1-2H3. The first-order chi connectivity index (χ1) is 17.0. The number of ether oxygens (including phenoxy) is 3. The van der Waals surface area contributed by atoms with E-state index in [2.05, 4.69) is 9.64 Å². The zero-order valence-corrected chi connectivity index (χ0v) is 21.3. The molecule has 0 N–H and O–H groups in total. The van der Waals surface area contributed by atoms with E-state index in [1.165, 1.54) is 7.11 Å². The smallest absolute Gasteiger partial charge is 0.305 e. The average molecular weight is 503 g/mol. The van der Waals surface area contributed by atoms with Crippen LogP contribution in [0.3, 0.4) is 0 Å². The number of nitrogens with zero attached hydrogens (tertiary/aromatic N) is 2. The van der Waals surface area contributed by atoms with Crippen LogP contribution in [0.25, 0.3) is 0 Å². The number of rotatable bonds is 12. The van der Waals surface area contributed by atoms with E-state index in [4.69, 9.17) is 21.1 Å². The second-order valence-corrected chi connectivity index (χ2v) is 9.10. The summed E-state index contributed by atoms with van der Waals surface area (Å²) in [4.78, 5) is 28.0. The van der Waals surface area contributed by atoms with Gasteiger partial charge in [0.2, 0.25) is 5.91 Å². The Morgan fingerprint density at radius 2 is 1.69 bits per heavy atom. The molecule has 1 saturated heterocycles. The molecule has 1 aliphatic heterocycles. The van der Waals surface area contributed by atoms with E-state index in [1.54, 1.807) is 7.11 Å². The van der Waals surface area contributed by atoms with Gasteiger partial charge in [0.1, 0.15) is 5.75 Å². The number of carbonyl (C=O) groups excluding carboxylic acids is 2. The van der Waals surface area contributed by atoms with Crippen LogP contribution in [0.4, 0.5) is 0 Å². The Morgan fingerprint density at radius 1 is 0.971 bits per heavy atom. The first kappa shape index (κ1) is 27.0. The summed E-state index contributed by atoms with van der Waals surface area (Å²) >= 11 is 6.10. The first-order valence-electron chi connectivity index (χ1n) is 12.1. The Labute approximate surface area is 212 Å². The molecule has 1 aliphatic rings. The molecule has 0 radical (unpaired) electrons. The number of amides is 1. The van der Waals surface area contributed by atoms with Crippen molar-refractivity contribution in [2.75, 3.05) is 46.9 Å². The minimum absolute atomic E-state index is 0.126. The predicted molar refractivity (Wildman–Crippen MR) is 135 cm³/mol. The number of hydrogen-bond donors (Lipinski definition) is 0. The number of halogens is 1. The van der Waals surface area contributed by atoms with Gasteiger partial charge in [0.25, 0.3) is 0 Å². The van der Waals surface area contributed by atoms with Gasteiger partial charge >= 0.3 is 5.97 Å². The van der Waals surface area contributed by atoms with Gasteiger partial charge in [-0.3, -0.25) is 14.5 Å². The quantitative estimate of drug-likeness (QED) is 0.315. The maximum absolute atomic E-state index is 12.6. The number of unbranched alkanes of at least 4 members (excludes halogenated alkanes) is 1. The third-order valence-corrected chi connectivity index (χ3v) is 6.48. The number of carbonyl (C=O) groups is 2. The highest BCUT2D eigenvalue weighted by Gasteiger charge is 2.24. The molecule has 1 fully saturated rings. The topological polar surface area (TPSA) is 68.3 Å². The van der Waals surface area contributed by atoms with E-state index in [-0.39, 0.29) is 18.0 Å². The lowest BCUT2D eigenvalue weighted by Gasteiger charge is -2.36. The van der Waals surface area contributed by atoms with E-state index < -0.39 is 0 Å². The maximum atomic E-state index is 12.6. The molecule has 0 aliphatic carbocycles. The molecule has 1 atom stereocenters. The fraction of sp³-hybridized carbons (Fsp3) is 0.481. The molecular weight excluding hydrogens is 468 g/mol. The van der Waals surface area contributed by atoms with E-state index >= 15 is 0 Å². The molecule has 8 heteroatoms. The molecular formula is C27H35ClN2O5. The maximum Gasteiger partial charge on any atom is 0.305 e. The zero-order valence-electron chi connectivity index (χ0n) is 20.6. The minimum Gasteiger partial charge on any atom is -0.497 e. The molecule has 190 valence electrons. The molecule has 1 amide bonds. The SMILES string of the molecule is COC(=O)CCCCC(=O)N1CCN(CC(OCc2cccc(OC)c2)c2ccc(Cl)cc2)CC1. The Morgan fingerprint density at radius 3 is 2.37 bits per heavy atom. The van der Waals surface area contributed by atoms with Crippen LogP contribution in [0.5, 0.6) is 5.75 Å². The average Bonchev–Trinajstić information content (AvgIpc) is 2.89. The van der Waals surface area contributed by atoms with Crippen molar-refractivity contribution in [2.24, 2.45) is 0 Å². The molecule has 0 aromatic heterocycles. The summed E-state index contributed by atoms with van der Waals surface area (Å²) in [6, 6.07) is 15.7. The van der Waals surface area contributed by atoms with Crippen LogP contribution in [0.2, 0.25) is 5.02 Å². The largest absolute Gasteiger partial charge is 0.497 e. The van der Waals surface area contributed by atoms with Crippen LogP contribution in [0.15, 0.2) is 48.5 Å². The van der Waals surface area contributed by atoms with Gasteiger partial charge in [-0.15, -0.1) is 0 Å². The summed E-state index contributed by atoms with van der Waals surface area (Å²) in [5.41, 5.74) is 2.12. The van der Waals surface area contributed by atoms with Gasteiger partial charge in [-0.1, -0.05) is 35.9 Å². The second-order valence-electron chi connectivity index (χ2n) is 8.67. The van der Waals surface area contributed by atoms with Crippen LogP contribution in [-0.4, -0.2) is 68.6 Å². The van der Waals surface area contributed by atoms with Crippen molar-refractivity contribution in [3.05, 3.63) is 64.7 Å². The van der Waals surface area contributed by atoms with Crippen molar-refractivity contribution in [3.8, 4) is 5.75 Å². The molecule has 2 aromatic carbocycles. The lowest BCUT2D eigenvalue weighted by atomic mass is 10.1. The fourth-order valence-corrected chi connectivity index (χ4v) is 4.24. The molecule has 0 bridgehead atoms. The van der Waals surface area contributed by atoms with Crippen molar-refractivity contribution < 1.29 is 23.8 Å². The highest BCUT2D eigenvalue weighted by Crippen LogP contribution is 2.24. The predicted octanol–water partition coefficient (Wildman–Crippen LogP) is 4.48. The van der Waals surface area contributed by atoms with Crippen molar-refractivity contribution in [1.29, 1.82) is 0 Å². The highest BCUT2D eigenvalue weighted by atomic mass is 35.5. The number of hydrogen-bond acceptors (Lipinski definition) is 6. The Kier molecular flexibility index (Phi) is 10.8. The Balaban J connectivity index is 1.52. The summed E-state index contributed by atoms with van der Waals surface area (Å²) in [6.45, 7) is 4.17. The van der Waals surface area contributed by atoms with Gasteiger partial charge < -0.3 is 19.1 Å². The number of benzene rings is 2. The fourth-order valence-electron chi connectivity index (χ4n) is 4.11. The van der Waals surface area contributed by atoms with Crippen molar-refractivity contribution in [1.82, 2.24) is 9.80 Å². The van der Waals surface area contributed by atoms with Crippen LogP contribution >= 0.6 is 11.6 Å². The molecule has 35 heavy (non-hydrogen) atoms. The van der Waals surface area contributed by atoms with Crippen LogP contribution in [0.1, 0.15) is 42.9 Å². The van der Waals surface area contributed by atoms with Gasteiger partial charge in [-0.2, -0.15) is 0 Å². The molecule has 1 heterocycles. The van der Waals surface area contributed by atoms with Gasteiger partial charge in [0.05, 0.1) is 26.9 Å². The molecule has 7 nitrogen and oxygen atoms in total. The molecule has 0 spiro atoms. The van der Waals surface area contributed by atoms with Crippen molar-refractivity contribution in [2.45, 2.75) is 38.4 Å². The lowest BCUT2D eigenvalue weighted by Crippen LogP contribution is -2.49. The lowest BCUT2D eigenvalue weighted by molar-refractivity contribution is -0.141. The summed E-state index contributed by atoms with van der Waals surface area (Å²) in [5, 5.41) is 0.694. The summed E-state index contributed by atoms with van der Waals surface area (Å²) in [6.07, 6.45) is 2.07. The number of methoxy groups -OCH3 is 2.